The lowest BCUT2D eigenvalue weighted by Crippen LogP contribution is -2.25. The lowest BCUT2D eigenvalue weighted by atomic mass is 10.1. The molecule has 2 rings (SSSR count). The van der Waals surface area contributed by atoms with Crippen LogP contribution < -0.4 is 11.1 Å². The largest absolute Gasteiger partial charge is 0.396 e. The zero-order chi connectivity index (χ0) is 13.1. The number of amides is 1. The van der Waals surface area contributed by atoms with E-state index >= 15 is 0 Å². The van der Waals surface area contributed by atoms with Crippen molar-refractivity contribution in [2.24, 2.45) is 0 Å². The minimum atomic E-state index is -0.359. The number of hydrogen-bond donors (Lipinski definition) is 2. The molecule has 0 fully saturated rings. The first-order valence-corrected chi connectivity index (χ1v) is 6.04. The van der Waals surface area contributed by atoms with E-state index in [-0.39, 0.29) is 11.6 Å². The third-order valence-electron chi connectivity index (χ3n) is 2.40. The molecule has 3 N–H and O–H groups in total. The number of fused-ring (bicyclic) bond motifs is 1. The second-order valence-electron chi connectivity index (χ2n) is 3.60. The van der Waals surface area contributed by atoms with E-state index in [1.165, 1.54) is 0 Å². The molecule has 0 spiro atoms. The lowest BCUT2D eigenvalue weighted by molar-refractivity contribution is 0.0953. The molecule has 1 aromatic carbocycles. The molecule has 0 radical (unpaired) electrons. The van der Waals surface area contributed by atoms with E-state index in [0.29, 0.717) is 23.1 Å². The first-order valence-electron chi connectivity index (χ1n) is 5.24. The van der Waals surface area contributed by atoms with Crippen molar-refractivity contribution in [3.05, 3.63) is 41.0 Å². The van der Waals surface area contributed by atoms with Gasteiger partial charge in [-0.15, -0.1) is 16.8 Å². The molecular weight excluding hydrogens is 296 g/mol. The number of hydrogen-bond acceptors (Lipinski definition) is 4. The average Bonchev–Trinajstić information content (AvgIpc) is 2.37. The highest BCUT2D eigenvalue weighted by Gasteiger charge is 2.15. The highest BCUT2D eigenvalue weighted by atomic mass is 79.9. The first kappa shape index (κ1) is 12.5. The topological polar surface area (TPSA) is 80.9 Å². The van der Waals surface area contributed by atoms with Crippen LogP contribution in [-0.2, 0) is 0 Å². The van der Waals surface area contributed by atoms with Gasteiger partial charge in [0, 0.05) is 16.4 Å². The third-order valence-corrected chi connectivity index (χ3v) is 3.04. The first-order chi connectivity index (χ1) is 8.65. The van der Waals surface area contributed by atoms with E-state index in [1.54, 1.807) is 12.1 Å². The van der Waals surface area contributed by atoms with Gasteiger partial charge in [-0.3, -0.25) is 4.79 Å². The Bertz CT molecular complexity index is 627. The Labute approximate surface area is 112 Å². The molecule has 0 atom stereocenters. The highest BCUT2D eigenvalue weighted by molar-refractivity contribution is 9.10. The van der Waals surface area contributed by atoms with Gasteiger partial charge in [0.15, 0.2) is 5.69 Å². The van der Waals surface area contributed by atoms with E-state index in [2.05, 4.69) is 38.0 Å². The van der Waals surface area contributed by atoms with Crippen molar-refractivity contribution >= 4 is 38.4 Å². The van der Waals surface area contributed by atoms with E-state index in [9.17, 15) is 4.79 Å². The molecule has 0 bridgehead atoms. The number of benzene rings is 1. The van der Waals surface area contributed by atoms with Crippen LogP contribution >= 0.6 is 15.9 Å². The van der Waals surface area contributed by atoms with Gasteiger partial charge in [0.2, 0.25) is 0 Å². The molecule has 0 saturated heterocycles. The quantitative estimate of drug-likeness (QED) is 0.849. The number of nitrogens with one attached hydrogen (secondary N) is 1. The Balaban J connectivity index is 2.51. The van der Waals surface area contributed by atoms with E-state index < -0.39 is 0 Å². The monoisotopic (exact) mass is 306 g/mol. The van der Waals surface area contributed by atoms with Crippen molar-refractivity contribution in [2.45, 2.75) is 0 Å². The molecule has 2 aromatic rings. The minimum Gasteiger partial charge on any atom is -0.396 e. The summed E-state index contributed by atoms with van der Waals surface area (Å²) in [5, 5.41) is 11.2. The maximum Gasteiger partial charge on any atom is 0.274 e. The van der Waals surface area contributed by atoms with Crippen molar-refractivity contribution in [3.63, 3.8) is 0 Å². The van der Waals surface area contributed by atoms with Crippen LogP contribution in [0.1, 0.15) is 10.5 Å². The van der Waals surface area contributed by atoms with Crippen LogP contribution in [0.4, 0.5) is 5.69 Å². The van der Waals surface area contributed by atoms with Crippen LogP contribution in [0.25, 0.3) is 10.9 Å². The molecule has 6 heteroatoms. The summed E-state index contributed by atoms with van der Waals surface area (Å²) in [7, 11) is 0. The van der Waals surface area contributed by atoms with Crippen molar-refractivity contribution in [1.82, 2.24) is 15.5 Å². The molecule has 18 heavy (non-hydrogen) atoms. The fraction of sp³-hybridized carbons (Fsp3) is 0.0833. The van der Waals surface area contributed by atoms with Gasteiger partial charge in [-0.2, -0.15) is 0 Å². The van der Waals surface area contributed by atoms with Crippen LogP contribution in [-0.4, -0.2) is 22.6 Å². The summed E-state index contributed by atoms with van der Waals surface area (Å²) < 4.78 is 0.789. The Hall–Kier alpha value is -1.95. The number of anilines is 1. The van der Waals surface area contributed by atoms with Gasteiger partial charge < -0.3 is 11.1 Å². The number of rotatable bonds is 3. The summed E-state index contributed by atoms with van der Waals surface area (Å²) >= 11 is 3.36. The van der Waals surface area contributed by atoms with Crippen molar-refractivity contribution in [3.8, 4) is 0 Å². The molecule has 0 aliphatic carbocycles. The number of nitrogen functional groups attached to an aromatic ring is 1. The summed E-state index contributed by atoms with van der Waals surface area (Å²) in [4.78, 5) is 11.8. The van der Waals surface area contributed by atoms with Crippen LogP contribution in [0.3, 0.4) is 0 Å². The fourth-order valence-electron chi connectivity index (χ4n) is 1.53. The Morgan fingerprint density at radius 1 is 1.50 bits per heavy atom. The Morgan fingerprint density at radius 3 is 3.00 bits per heavy atom. The molecule has 0 unspecified atom stereocenters. The molecule has 1 heterocycles. The van der Waals surface area contributed by atoms with Crippen molar-refractivity contribution in [1.29, 1.82) is 0 Å². The maximum atomic E-state index is 11.8. The smallest absolute Gasteiger partial charge is 0.274 e. The summed E-state index contributed by atoms with van der Waals surface area (Å²) in [6.07, 6.45) is 1.58. The van der Waals surface area contributed by atoms with Gasteiger partial charge in [0.1, 0.15) is 5.52 Å². The molecule has 0 aliphatic heterocycles. The second-order valence-corrected chi connectivity index (χ2v) is 4.45. The number of carbonyl (C=O) groups is 1. The van der Waals surface area contributed by atoms with Gasteiger partial charge in [-0.05, 0) is 22.0 Å². The average molecular weight is 307 g/mol. The standard InChI is InChI=1S/C12H11BrN4O/c1-2-6-15-12(18)11-9(14)7-4-3-5-8(13)10(7)16-17-11/h2-5H,1,6H2,(H2,14,16)(H,15,18). The Kier molecular flexibility index (Phi) is 3.57. The number of nitrogens with two attached hydrogens (primary N) is 1. The zero-order valence-corrected chi connectivity index (χ0v) is 11.1. The maximum absolute atomic E-state index is 11.8. The third kappa shape index (κ3) is 2.19. The summed E-state index contributed by atoms with van der Waals surface area (Å²) in [6, 6.07) is 5.47. The van der Waals surface area contributed by atoms with Crippen LogP contribution in [0.15, 0.2) is 35.3 Å². The van der Waals surface area contributed by atoms with Gasteiger partial charge in [0.05, 0.1) is 5.69 Å². The second kappa shape index (κ2) is 5.14. The molecule has 5 nitrogen and oxygen atoms in total. The summed E-state index contributed by atoms with van der Waals surface area (Å²) in [5.74, 6) is -0.359. The summed E-state index contributed by atoms with van der Waals surface area (Å²) in [5.41, 5.74) is 7.03. The lowest BCUT2D eigenvalue weighted by Gasteiger charge is -2.07. The summed E-state index contributed by atoms with van der Waals surface area (Å²) in [6.45, 7) is 3.88. The molecular formula is C12H11BrN4O. The predicted molar refractivity (Wildman–Crippen MR) is 74.2 cm³/mol. The highest BCUT2D eigenvalue weighted by Crippen LogP contribution is 2.26. The fourth-order valence-corrected chi connectivity index (χ4v) is 1.98. The normalized spacial score (nSPS) is 10.3. The van der Waals surface area contributed by atoms with Gasteiger partial charge >= 0.3 is 0 Å². The zero-order valence-electron chi connectivity index (χ0n) is 9.48. The number of aromatic nitrogens is 2. The van der Waals surface area contributed by atoms with E-state index in [4.69, 9.17) is 5.73 Å². The molecule has 92 valence electrons. The van der Waals surface area contributed by atoms with E-state index in [1.807, 2.05) is 12.1 Å². The number of nitrogens with zero attached hydrogens (tertiary/aromatic N) is 2. The van der Waals surface area contributed by atoms with Crippen LogP contribution in [0, 0.1) is 0 Å². The van der Waals surface area contributed by atoms with Crippen LogP contribution in [0.2, 0.25) is 0 Å². The van der Waals surface area contributed by atoms with E-state index in [0.717, 1.165) is 4.47 Å². The SMILES string of the molecule is C=CCNC(=O)c1nnc2c(Br)cccc2c1N. The van der Waals surface area contributed by atoms with Crippen molar-refractivity contribution in [2.75, 3.05) is 12.3 Å². The molecule has 1 amide bonds. The predicted octanol–water partition coefficient (Wildman–Crippen LogP) is 1.89. The van der Waals surface area contributed by atoms with Crippen LogP contribution in [0.5, 0.6) is 0 Å². The minimum absolute atomic E-state index is 0.127. The number of carbonyl (C=O) groups excluding carboxylic acids is 1. The van der Waals surface area contributed by atoms with Gasteiger partial charge in [-0.1, -0.05) is 18.2 Å². The molecule has 0 aliphatic rings. The van der Waals surface area contributed by atoms with Crippen molar-refractivity contribution < 1.29 is 4.79 Å². The van der Waals surface area contributed by atoms with Gasteiger partial charge in [-0.25, -0.2) is 0 Å². The Morgan fingerprint density at radius 2 is 2.28 bits per heavy atom. The molecule has 0 saturated carbocycles. The van der Waals surface area contributed by atoms with Gasteiger partial charge in [0.25, 0.3) is 5.91 Å². The molecule has 1 aromatic heterocycles. The number of halogens is 1.